The van der Waals surface area contributed by atoms with Crippen LogP contribution in [0.1, 0.15) is 0 Å². The van der Waals surface area contributed by atoms with Gasteiger partial charge in [0.1, 0.15) is 5.58 Å². The molecule has 0 saturated heterocycles. The number of hydrogen-bond donors (Lipinski definition) is 0. The lowest BCUT2D eigenvalue weighted by atomic mass is 10.0. The minimum Gasteiger partial charge on any atom is -0.454 e. The minimum atomic E-state index is 0.884. The first-order valence-electron chi connectivity index (χ1n) is 19.5. The fourth-order valence-electron chi connectivity index (χ4n) is 9.05. The van der Waals surface area contributed by atoms with Gasteiger partial charge in [0, 0.05) is 38.0 Å². The van der Waals surface area contributed by atoms with Crippen LogP contribution in [-0.2, 0) is 0 Å². The van der Waals surface area contributed by atoms with Gasteiger partial charge < -0.3 is 13.6 Å². The third-order valence-corrected chi connectivity index (χ3v) is 11.7. The molecule has 3 aromatic heterocycles. The van der Waals surface area contributed by atoms with E-state index in [1.165, 1.54) is 54.8 Å². The molecule has 0 fully saturated rings. The highest BCUT2D eigenvalue weighted by atomic mass is 16.3. The monoisotopic (exact) mass is 726 g/mol. The van der Waals surface area contributed by atoms with Gasteiger partial charge in [-0.15, -0.1) is 0 Å². The molecule has 0 spiro atoms. The number of para-hydroxylation sites is 3. The van der Waals surface area contributed by atoms with Gasteiger partial charge in [-0.05, 0) is 94.0 Å². The molecule has 12 aromatic rings. The van der Waals surface area contributed by atoms with E-state index in [4.69, 9.17) is 4.42 Å². The van der Waals surface area contributed by atoms with Crippen molar-refractivity contribution < 1.29 is 4.42 Å². The average molecular weight is 727 g/mol. The molecule has 0 saturated carbocycles. The van der Waals surface area contributed by atoms with E-state index in [-0.39, 0.29) is 0 Å². The largest absolute Gasteiger partial charge is 0.454 e. The van der Waals surface area contributed by atoms with Gasteiger partial charge in [-0.25, -0.2) is 0 Å². The van der Waals surface area contributed by atoms with Crippen LogP contribution in [0, 0.1) is 0 Å². The number of furan rings is 1. The van der Waals surface area contributed by atoms with Crippen LogP contribution in [0.15, 0.2) is 211 Å². The van der Waals surface area contributed by atoms with Crippen LogP contribution in [0.25, 0.3) is 110 Å². The fraction of sp³-hybridized carbons (Fsp3) is 0. The van der Waals surface area contributed by atoms with Crippen molar-refractivity contribution >= 4 is 65.6 Å². The first kappa shape index (κ1) is 31.7. The molecule has 0 aliphatic carbocycles. The summed E-state index contributed by atoms with van der Waals surface area (Å²) in [6.45, 7) is 0. The quantitative estimate of drug-likeness (QED) is 0.173. The molecule has 0 amide bonds. The molecule has 0 bridgehead atoms. The summed E-state index contributed by atoms with van der Waals surface area (Å²) in [5.41, 5.74) is 15.7. The third-order valence-electron chi connectivity index (χ3n) is 11.7. The Morgan fingerprint density at radius 2 is 0.789 bits per heavy atom. The standard InChI is InChI=1S/C54H34N2O/c1-3-13-35(14-4-1)37-23-27-41(28-24-37)55-48-20-10-8-18-43(48)46-31-38(26-30-50(46)55)39-25-29-44-42-17-7-11-21-49(42)56(51(44)33-39)52-34-40(36-15-5-2-6-16-36)32-47-45-19-9-12-22-53(45)57-54(47)52/h1-34H. The normalized spacial score (nSPS) is 11.9. The van der Waals surface area contributed by atoms with Crippen molar-refractivity contribution in [1.29, 1.82) is 0 Å². The van der Waals surface area contributed by atoms with E-state index in [0.29, 0.717) is 0 Å². The Labute approximate surface area is 328 Å². The number of hydrogen-bond acceptors (Lipinski definition) is 1. The molecule has 3 nitrogen and oxygen atoms in total. The van der Waals surface area contributed by atoms with Crippen molar-refractivity contribution in [2.24, 2.45) is 0 Å². The molecule has 12 rings (SSSR count). The summed E-state index contributed by atoms with van der Waals surface area (Å²) in [5, 5.41) is 7.12. The van der Waals surface area contributed by atoms with Gasteiger partial charge in [-0.3, -0.25) is 0 Å². The minimum absolute atomic E-state index is 0.884. The van der Waals surface area contributed by atoms with Crippen LogP contribution in [0.3, 0.4) is 0 Å². The van der Waals surface area contributed by atoms with Crippen molar-refractivity contribution in [2.75, 3.05) is 0 Å². The molecule has 0 aliphatic heterocycles. The molecule has 0 atom stereocenters. The highest BCUT2D eigenvalue weighted by Gasteiger charge is 2.21. The van der Waals surface area contributed by atoms with Crippen LogP contribution >= 0.6 is 0 Å². The SMILES string of the molecule is c1ccc(-c2ccc(-n3c4ccccc4c4cc(-c5ccc6c7ccccc7n(-c7cc(-c8ccccc8)cc8c7oc7ccccc78)c6c5)ccc43)cc2)cc1. The van der Waals surface area contributed by atoms with Gasteiger partial charge in [0.2, 0.25) is 0 Å². The molecule has 0 N–H and O–H groups in total. The van der Waals surface area contributed by atoms with Crippen molar-refractivity contribution in [2.45, 2.75) is 0 Å². The van der Waals surface area contributed by atoms with Crippen LogP contribution in [0.4, 0.5) is 0 Å². The second-order valence-corrected chi connectivity index (χ2v) is 14.9. The molecule has 266 valence electrons. The van der Waals surface area contributed by atoms with E-state index in [1.807, 2.05) is 6.07 Å². The summed E-state index contributed by atoms with van der Waals surface area (Å²) < 4.78 is 11.5. The lowest BCUT2D eigenvalue weighted by Gasteiger charge is -2.13. The summed E-state index contributed by atoms with van der Waals surface area (Å²) in [6, 6.07) is 74.4. The summed E-state index contributed by atoms with van der Waals surface area (Å²) in [6.07, 6.45) is 0. The van der Waals surface area contributed by atoms with E-state index in [0.717, 1.165) is 55.5 Å². The second-order valence-electron chi connectivity index (χ2n) is 14.9. The van der Waals surface area contributed by atoms with E-state index < -0.39 is 0 Å². The van der Waals surface area contributed by atoms with E-state index in [1.54, 1.807) is 0 Å². The molecular formula is C54H34N2O. The Hall–Kier alpha value is -7.62. The number of fused-ring (bicyclic) bond motifs is 9. The lowest BCUT2D eigenvalue weighted by Crippen LogP contribution is -1.96. The highest BCUT2D eigenvalue weighted by Crippen LogP contribution is 2.42. The third kappa shape index (κ3) is 4.92. The summed E-state index contributed by atoms with van der Waals surface area (Å²) >= 11 is 0. The van der Waals surface area contributed by atoms with Gasteiger partial charge in [-0.1, -0.05) is 146 Å². The number of rotatable bonds is 5. The number of benzene rings is 9. The molecule has 3 heteroatoms. The van der Waals surface area contributed by atoms with Gasteiger partial charge in [0.05, 0.1) is 27.8 Å². The number of aromatic nitrogens is 2. The summed E-state index contributed by atoms with van der Waals surface area (Å²) in [7, 11) is 0. The molecule has 0 aliphatic rings. The maximum atomic E-state index is 6.74. The fourth-order valence-corrected chi connectivity index (χ4v) is 9.05. The summed E-state index contributed by atoms with van der Waals surface area (Å²) in [4.78, 5) is 0. The first-order chi connectivity index (χ1) is 28.3. The van der Waals surface area contributed by atoms with Gasteiger partial charge in [0.25, 0.3) is 0 Å². The molecule has 0 radical (unpaired) electrons. The van der Waals surface area contributed by atoms with E-state index >= 15 is 0 Å². The second kappa shape index (κ2) is 12.5. The zero-order valence-electron chi connectivity index (χ0n) is 30.9. The Bertz CT molecular complexity index is 3490. The van der Waals surface area contributed by atoms with E-state index in [9.17, 15) is 0 Å². The Balaban J connectivity index is 1.06. The van der Waals surface area contributed by atoms with Crippen molar-refractivity contribution in [3.05, 3.63) is 206 Å². The zero-order chi connectivity index (χ0) is 37.5. The van der Waals surface area contributed by atoms with Gasteiger partial charge in [-0.2, -0.15) is 0 Å². The Morgan fingerprint density at radius 1 is 0.281 bits per heavy atom. The first-order valence-corrected chi connectivity index (χ1v) is 19.5. The highest BCUT2D eigenvalue weighted by molar-refractivity contribution is 6.15. The average Bonchev–Trinajstić information content (AvgIpc) is 3.94. The van der Waals surface area contributed by atoms with Crippen LogP contribution in [0.5, 0.6) is 0 Å². The molecule has 3 heterocycles. The smallest absolute Gasteiger partial charge is 0.159 e. The van der Waals surface area contributed by atoms with E-state index in [2.05, 4.69) is 209 Å². The maximum Gasteiger partial charge on any atom is 0.159 e. The van der Waals surface area contributed by atoms with Crippen molar-refractivity contribution in [3.8, 4) is 44.8 Å². The zero-order valence-corrected chi connectivity index (χ0v) is 30.9. The predicted octanol–water partition coefficient (Wildman–Crippen LogP) is 14.8. The van der Waals surface area contributed by atoms with Gasteiger partial charge in [0.15, 0.2) is 5.58 Å². The maximum absolute atomic E-state index is 6.74. The lowest BCUT2D eigenvalue weighted by molar-refractivity contribution is 0.666. The summed E-state index contributed by atoms with van der Waals surface area (Å²) in [5.74, 6) is 0. The topological polar surface area (TPSA) is 23.0 Å². The molecule has 9 aromatic carbocycles. The van der Waals surface area contributed by atoms with Crippen molar-refractivity contribution in [1.82, 2.24) is 9.13 Å². The Kier molecular flexibility index (Phi) is 6.93. The molecule has 57 heavy (non-hydrogen) atoms. The number of nitrogens with zero attached hydrogens (tertiary/aromatic N) is 2. The van der Waals surface area contributed by atoms with Crippen LogP contribution in [0.2, 0.25) is 0 Å². The predicted molar refractivity (Wildman–Crippen MR) is 239 cm³/mol. The van der Waals surface area contributed by atoms with Crippen molar-refractivity contribution in [3.63, 3.8) is 0 Å². The van der Waals surface area contributed by atoms with Crippen LogP contribution in [-0.4, -0.2) is 9.13 Å². The van der Waals surface area contributed by atoms with Gasteiger partial charge >= 0.3 is 0 Å². The molecular weight excluding hydrogens is 693 g/mol. The molecule has 0 unspecified atom stereocenters. The van der Waals surface area contributed by atoms with Crippen LogP contribution < -0.4 is 0 Å². The Morgan fingerprint density at radius 3 is 1.54 bits per heavy atom.